The van der Waals surface area contributed by atoms with Gasteiger partial charge in [0.25, 0.3) is 0 Å². The first-order chi connectivity index (χ1) is 9.61. The fourth-order valence-corrected chi connectivity index (χ4v) is 3.86. The zero-order valence-corrected chi connectivity index (χ0v) is 14.7. The number of carbonyl (C=O) groups is 1. The van der Waals surface area contributed by atoms with E-state index in [0.29, 0.717) is 12.6 Å². The van der Waals surface area contributed by atoms with E-state index >= 15 is 0 Å². The van der Waals surface area contributed by atoms with Gasteiger partial charge in [-0.25, -0.2) is 0 Å². The third-order valence-electron chi connectivity index (χ3n) is 3.61. The number of hydrogen-bond donors (Lipinski definition) is 1. The minimum atomic E-state index is -0.0507. The van der Waals surface area contributed by atoms with E-state index in [1.807, 2.05) is 25.1 Å². The Kier molecular flexibility index (Phi) is 5.90. The molecule has 20 heavy (non-hydrogen) atoms. The smallest absolute Gasteiger partial charge is 0.308 e. The van der Waals surface area contributed by atoms with E-state index in [2.05, 4.69) is 37.2 Å². The van der Waals surface area contributed by atoms with Gasteiger partial charge >= 0.3 is 5.97 Å². The van der Waals surface area contributed by atoms with Gasteiger partial charge in [0, 0.05) is 15.0 Å². The highest BCUT2D eigenvalue weighted by Gasteiger charge is 2.28. The summed E-state index contributed by atoms with van der Waals surface area (Å²) in [4.78, 5) is 11.9. The number of para-hydroxylation sites is 1. The Balaban J connectivity index is 2.01. The maximum absolute atomic E-state index is 11.9. The molecule has 0 amide bonds. The van der Waals surface area contributed by atoms with Gasteiger partial charge in [0.05, 0.1) is 18.2 Å². The molecule has 3 nitrogen and oxygen atoms in total. The molecule has 1 aliphatic rings. The van der Waals surface area contributed by atoms with E-state index < -0.39 is 0 Å². The fourth-order valence-electron chi connectivity index (χ4n) is 2.63. The topological polar surface area (TPSA) is 38.3 Å². The average Bonchev–Trinajstić information content (AvgIpc) is 2.44. The van der Waals surface area contributed by atoms with Crippen molar-refractivity contribution in [2.45, 2.75) is 38.6 Å². The van der Waals surface area contributed by atoms with Crippen molar-refractivity contribution in [1.82, 2.24) is 0 Å². The molecule has 1 aliphatic carbocycles. The Hall–Kier alpha value is -0.550. The highest BCUT2D eigenvalue weighted by atomic mass is 79.9. The van der Waals surface area contributed by atoms with Gasteiger partial charge < -0.3 is 10.1 Å². The third-order valence-corrected chi connectivity index (χ3v) is 4.93. The Bertz CT molecular complexity index is 459. The standard InChI is InChI=1S/C15H19Br2NO2/c1-2-20-15(19)10-5-3-6-11(9-10)18-14-12(16)7-4-8-13(14)17/h4,7-8,10-11,18H,2-3,5-6,9H2,1H3. The number of esters is 1. The summed E-state index contributed by atoms with van der Waals surface area (Å²) in [7, 11) is 0. The molecule has 110 valence electrons. The van der Waals surface area contributed by atoms with E-state index in [4.69, 9.17) is 4.74 Å². The number of benzene rings is 1. The second-order valence-electron chi connectivity index (χ2n) is 5.05. The lowest BCUT2D eigenvalue weighted by atomic mass is 9.85. The molecule has 0 aliphatic heterocycles. The van der Waals surface area contributed by atoms with Crippen molar-refractivity contribution in [2.75, 3.05) is 11.9 Å². The van der Waals surface area contributed by atoms with Crippen LogP contribution in [0.25, 0.3) is 0 Å². The summed E-state index contributed by atoms with van der Waals surface area (Å²) >= 11 is 7.12. The lowest BCUT2D eigenvalue weighted by Gasteiger charge is -2.29. The van der Waals surface area contributed by atoms with Gasteiger partial charge in [0.1, 0.15) is 0 Å². The first-order valence-corrected chi connectivity index (χ1v) is 8.57. The lowest BCUT2D eigenvalue weighted by Crippen LogP contribution is -2.32. The van der Waals surface area contributed by atoms with Gasteiger partial charge in [-0.1, -0.05) is 12.5 Å². The van der Waals surface area contributed by atoms with Crippen LogP contribution in [0.1, 0.15) is 32.6 Å². The predicted molar refractivity (Wildman–Crippen MR) is 87.8 cm³/mol. The van der Waals surface area contributed by atoms with Crippen LogP contribution in [0.15, 0.2) is 27.1 Å². The van der Waals surface area contributed by atoms with Gasteiger partial charge in [-0.3, -0.25) is 4.79 Å². The second-order valence-corrected chi connectivity index (χ2v) is 6.76. The maximum Gasteiger partial charge on any atom is 0.308 e. The SMILES string of the molecule is CCOC(=O)C1CCCC(Nc2c(Br)cccc2Br)C1. The lowest BCUT2D eigenvalue weighted by molar-refractivity contribution is -0.149. The minimum absolute atomic E-state index is 0.0301. The quantitative estimate of drug-likeness (QED) is 0.736. The van der Waals surface area contributed by atoms with Crippen molar-refractivity contribution in [3.63, 3.8) is 0 Å². The summed E-state index contributed by atoms with van der Waals surface area (Å²) in [6, 6.07) is 6.33. The highest BCUT2D eigenvalue weighted by Crippen LogP contribution is 2.34. The van der Waals surface area contributed by atoms with Crippen LogP contribution < -0.4 is 5.32 Å². The molecule has 0 aromatic heterocycles. The molecule has 1 aromatic carbocycles. The Morgan fingerprint density at radius 2 is 2.05 bits per heavy atom. The van der Waals surface area contributed by atoms with Crippen LogP contribution in [0, 0.1) is 5.92 Å². The molecule has 0 heterocycles. The molecule has 2 rings (SSSR count). The number of halogens is 2. The fraction of sp³-hybridized carbons (Fsp3) is 0.533. The Morgan fingerprint density at radius 3 is 2.70 bits per heavy atom. The van der Waals surface area contributed by atoms with E-state index in [1.54, 1.807) is 0 Å². The number of rotatable bonds is 4. The first-order valence-electron chi connectivity index (χ1n) is 6.99. The summed E-state index contributed by atoms with van der Waals surface area (Å²) in [6.45, 7) is 2.32. The van der Waals surface area contributed by atoms with Crippen molar-refractivity contribution in [1.29, 1.82) is 0 Å². The van der Waals surface area contributed by atoms with Crippen LogP contribution >= 0.6 is 31.9 Å². The number of ether oxygens (including phenoxy) is 1. The summed E-state index contributed by atoms with van der Waals surface area (Å²) in [5.74, 6) is -0.0207. The first kappa shape index (κ1) is 15.8. The summed E-state index contributed by atoms with van der Waals surface area (Å²) in [5.41, 5.74) is 1.06. The highest BCUT2D eigenvalue weighted by molar-refractivity contribution is 9.11. The van der Waals surface area contributed by atoms with Gasteiger partial charge in [-0.15, -0.1) is 0 Å². The summed E-state index contributed by atoms with van der Waals surface area (Å²) in [5, 5.41) is 3.54. The van der Waals surface area contributed by atoms with Gasteiger partial charge in [0.15, 0.2) is 0 Å². The van der Waals surface area contributed by atoms with Crippen molar-refractivity contribution < 1.29 is 9.53 Å². The van der Waals surface area contributed by atoms with E-state index in [-0.39, 0.29) is 11.9 Å². The number of nitrogens with one attached hydrogen (secondary N) is 1. The van der Waals surface area contributed by atoms with Gasteiger partial charge in [-0.2, -0.15) is 0 Å². The van der Waals surface area contributed by atoms with Crippen LogP contribution in [0.5, 0.6) is 0 Å². The van der Waals surface area contributed by atoms with Crippen molar-refractivity contribution in [3.8, 4) is 0 Å². The molecule has 1 N–H and O–H groups in total. The van der Waals surface area contributed by atoms with Gasteiger partial charge in [0.2, 0.25) is 0 Å². The van der Waals surface area contributed by atoms with Crippen LogP contribution in [0.3, 0.4) is 0 Å². The molecule has 0 radical (unpaired) electrons. The third kappa shape index (κ3) is 3.98. The number of carbonyl (C=O) groups excluding carboxylic acids is 1. The van der Waals surface area contributed by atoms with Gasteiger partial charge in [-0.05, 0) is 70.2 Å². The van der Waals surface area contributed by atoms with Crippen molar-refractivity contribution in [3.05, 3.63) is 27.1 Å². The van der Waals surface area contributed by atoms with E-state index in [0.717, 1.165) is 40.3 Å². The maximum atomic E-state index is 11.9. The molecule has 2 unspecified atom stereocenters. The molecular weight excluding hydrogens is 386 g/mol. The van der Waals surface area contributed by atoms with Crippen LogP contribution in [-0.2, 0) is 9.53 Å². The zero-order chi connectivity index (χ0) is 14.5. The average molecular weight is 405 g/mol. The Morgan fingerprint density at radius 1 is 1.35 bits per heavy atom. The van der Waals surface area contributed by atoms with Crippen molar-refractivity contribution >= 4 is 43.5 Å². The second kappa shape index (κ2) is 7.46. The molecule has 2 atom stereocenters. The molecule has 1 fully saturated rings. The van der Waals surface area contributed by atoms with Crippen LogP contribution in [0.4, 0.5) is 5.69 Å². The van der Waals surface area contributed by atoms with Crippen LogP contribution in [-0.4, -0.2) is 18.6 Å². The molecular formula is C15H19Br2NO2. The van der Waals surface area contributed by atoms with E-state index in [9.17, 15) is 4.79 Å². The van der Waals surface area contributed by atoms with Crippen molar-refractivity contribution in [2.24, 2.45) is 5.92 Å². The zero-order valence-electron chi connectivity index (χ0n) is 11.5. The normalized spacial score (nSPS) is 22.4. The molecule has 0 spiro atoms. The minimum Gasteiger partial charge on any atom is -0.466 e. The molecule has 1 aromatic rings. The largest absolute Gasteiger partial charge is 0.466 e. The summed E-state index contributed by atoms with van der Waals surface area (Å²) < 4.78 is 7.21. The van der Waals surface area contributed by atoms with E-state index in [1.165, 1.54) is 0 Å². The Labute approximate surface area is 136 Å². The van der Waals surface area contributed by atoms with Crippen LogP contribution in [0.2, 0.25) is 0 Å². The number of hydrogen-bond acceptors (Lipinski definition) is 3. The molecule has 0 saturated heterocycles. The monoisotopic (exact) mass is 403 g/mol. The molecule has 5 heteroatoms. The predicted octanol–water partition coefficient (Wildman–Crippen LogP) is 4.75. The molecule has 1 saturated carbocycles. The number of anilines is 1. The summed E-state index contributed by atoms with van der Waals surface area (Å²) in [6.07, 6.45) is 3.92. The molecule has 0 bridgehead atoms.